The van der Waals surface area contributed by atoms with Gasteiger partial charge in [-0.2, -0.15) is 0 Å². The first-order valence-corrected chi connectivity index (χ1v) is 5.30. The van der Waals surface area contributed by atoms with Crippen molar-refractivity contribution in [2.45, 2.75) is 32.2 Å². The molecule has 0 bridgehead atoms. The van der Waals surface area contributed by atoms with Crippen molar-refractivity contribution < 1.29 is 0 Å². The SMILES string of the molecule is CC1CCN(CCNC2CC2)C1. The Hall–Kier alpha value is -0.0800. The molecule has 2 fully saturated rings. The minimum atomic E-state index is 0.880. The zero-order valence-corrected chi connectivity index (χ0v) is 8.05. The monoisotopic (exact) mass is 168 g/mol. The Morgan fingerprint density at radius 3 is 2.75 bits per heavy atom. The van der Waals surface area contributed by atoms with Crippen LogP contribution in [0.4, 0.5) is 0 Å². The van der Waals surface area contributed by atoms with Crippen LogP contribution in [0.5, 0.6) is 0 Å². The minimum absolute atomic E-state index is 0.880. The van der Waals surface area contributed by atoms with E-state index in [-0.39, 0.29) is 0 Å². The lowest BCUT2D eigenvalue weighted by Gasteiger charge is -2.14. The zero-order valence-electron chi connectivity index (χ0n) is 8.05. The minimum Gasteiger partial charge on any atom is -0.313 e. The molecule has 0 aromatic rings. The van der Waals surface area contributed by atoms with E-state index in [0.29, 0.717) is 0 Å². The smallest absolute Gasteiger partial charge is 0.0107 e. The van der Waals surface area contributed by atoms with E-state index in [0.717, 1.165) is 12.0 Å². The van der Waals surface area contributed by atoms with Crippen LogP contribution in [0.3, 0.4) is 0 Å². The highest BCUT2D eigenvalue weighted by atomic mass is 15.2. The van der Waals surface area contributed by atoms with E-state index in [1.165, 1.54) is 45.4 Å². The van der Waals surface area contributed by atoms with Gasteiger partial charge >= 0.3 is 0 Å². The predicted octanol–water partition coefficient (Wildman–Crippen LogP) is 1.08. The topological polar surface area (TPSA) is 15.3 Å². The second kappa shape index (κ2) is 3.75. The quantitative estimate of drug-likeness (QED) is 0.676. The Morgan fingerprint density at radius 2 is 2.17 bits per heavy atom. The predicted molar refractivity (Wildman–Crippen MR) is 51.2 cm³/mol. The summed E-state index contributed by atoms with van der Waals surface area (Å²) in [5.74, 6) is 0.936. The second-order valence-electron chi connectivity index (χ2n) is 4.42. The van der Waals surface area contributed by atoms with Crippen molar-refractivity contribution in [1.82, 2.24) is 10.2 Å². The zero-order chi connectivity index (χ0) is 8.39. The van der Waals surface area contributed by atoms with Gasteiger partial charge in [-0.15, -0.1) is 0 Å². The van der Waals surface area contributed by atoms with Gasteiger partial charge in [-0.05, 0) is 31.7 Å². The molecule has 1 unspecified atom stereocenters. The summed E-state index contributed by atoms with van der Waals surface area (Å²) in [6.07, 6.45) is 4.23. The van der Waals surface area contributed by atoms with Gasteiger partial charge in [-0.3, -0.25) is 0 Å². The lowest BCUT2D eigenvalue weighted by atomic mass is 10.2. The summed E-state index contributed by atoms with van der Waals surface area (Å²) in [7, 11) is 0. The van der Waals surface area contributed by atoms with Crippen molar-refractivity contribution in [3.63, 3.8) is 0 Å². The van der Waals surface area contributed by atoms with Crippen LogP contribution in [0.1, 0.15) is 26.2 Å². The van der Waals surface area contributed by atoms with E-state index >= 15 is 0 Å². The van der Waals surface area contributed by atoms with Crippen LogP contribution in [0.15, 0.2) is 0 Å². The van der Waals surface area contributed by atoms with Crippen molar-refractivity contribution in [2.75, 3.05) is 26.2 Å². The lowest BCUT2D eigenvalue weighted by molar-refractivity contribution is 0.325. The molecular weight excluding hydrogens is 148 g/mol. The molecule has 0 amide bonds. The highest BCUT2D eigenvalue weighted by Gasteiger charge is 2.21. The van der Waals surface area contributed by atoms with E-state index in [1.807, 2.05) is 0 Å². The number of hydrogen-bond acceptors (Lipinski definition) is 2. The van der Waals surface area contributed by atoms with Crippen LogP contribution in [0.2, 0.25) is 0 Å². The molecule has 1 saturated heterocycles. The van der Waals surface area contributed by atoms with Crippen molar-refractivity contribution in [2.24, 2.45) is 5.92 Å². The van der Waals surface area contributed by atoms with Gasteiger partial charge in [0.25, 0.3) is 0 Å². The maximum Gasteiger partial charge on any atom is 0.0107 e. The summed E-state index contributed by atoms with van der Waals surface area (Å²) in [4.78, 5) is 2.58. The summed E-state index contributed by atoms with van der Waals surface area (Å²) in [5, 5.41) is 3.56. The van der Waals surface area contributed by atoms with E-state index in [2.05, 4.69) is 17.1 Å². The molecule has 70 valence electrons. The van der Waals surface area contributed by atoms with Gasteiger partial charge in [-0.25, -0.2) is 0 Å². The number of hydrogen-bond donors (Lipinski definition) is 1. The van der Waals surface area contributed by atoms with Gasteiger partial charge in [0.1, 0.15) is 0 Å². The fourth-order valence-electron chi connectivity index (χ4n) is 1.94. The summed E-state index contributed by atoms with van der Waals surface area (Å²) in [6.45, 7) is 7.48. The fourth-order valence-corrected chi connectivity index (χ4v) is 1.94. The molecule has 2 heteroatoms. The van der Waals surface area contributed by atoms with Crippen molar-refractivity contribution in [3.05, 3.63) is 0 Å². The largest absolute Gasteiger partial charge is 0.313 e. The highest BCUT2D eigenvalue weighted by Crippen LogP contribution is 2.18. The second-order valence-corrected chi connectivity index (χ2v) is 4.42. The standard InChI is InChI=1S/C10H20N2/c1-9-4-6-12(8-9)7-5-11-10-2-3-10/h9-11H,2-8H2,1H3. The molecule has 0 spiro atoms. The molecule has 1 saturated carbocycles. The van der Waals surface area contributed by atoms with Gasteiger partial charge in [-0.1, -0.05) is 6.92 Å². The molecule has 0 aromatic carbocycles. The third-order valence-electron chi connectivity index (χ3n) is 2.95. The van der Waals surface area contributed by atoms with Gasteiger partial charge in [0.2, 0.25) is 0 Å². The summed E-state index contributed by atoms with van der Waals surface area (Å²) >= 11 is 0. The highest BCUT2D eigenvalue weighted by molar-refractivity contribution is 4.81. The average molecular weight is 168 g/mol. The van der Waals surface area contributed by atoms with Crippen LogP contribution in [-0.4, -0.2) is 37.1 Å². The van der Waals surface area contributed by atoms with Crippen LogP contribution >= 0.6 is 0 Å². The molecular formula is C10H20N2. The van der Waals surface area contributed by atoms with Gasteiger partial charge < -0.3 is 10.2 Å². The first-order valence-electron chi connectivity index (χ1n) is 5.30. The number of likely N-dealkylation sites (tertiary alicyclic amines) is 1. The molecule has 1 aliphatic carbocycles. The first kappa shape index (κ1) is 8.52. The van der Waals surface area contributed by atoms with E-state index < -0.39 is 0 Å². The van der Waals surface area contributed by atoms with Crippen LogP contribution in [0, 0.1) is 5.92 Å². The summed E-state index contributed by atoms with van der Waals surface area (Å²) in [6, 6.07) is 0.880. The molecule has 1 aliphatic heterocycles. The number of nitrogens with one attached hydrogen (secondary N) is 1. The Balaban J connectivity index is 1.54. The fraction of sp³-hybridized carbons (Fsp3) is 1.00. The molecule has 1 N–H and O–H groups in total. The van der Waals surface area contributed by atoms with Crippen molar-refractivity contribution >= 4 is 0 Å². The average Bonchev–Trinajstić information content (AvgIpc) is 2.76. The first-order chi connectivity index (χ1) is 5.84. The molecule has 1 atom stereocenters. The van der Waals surface area contributed by atoms with E-state index in [9.17, 15) is 0 Å². The third kappa shape index (κ3) is 2.46. The van der Waals surface area contributed by atoms with Gasteiger partial charge in [0, 0.05) is 25.7 Å². The molecule has 2 rings (SSSR count). The van der Waals surface area contributed by atoms with Crippen LogP contribution < -0.4 is 5.32 Å². The maximum absolute atomic E-state index is 3.56. The molecule has 0 aromatic heterocycles. The van der Waals surface area contributed by atoms with E-state index in [1.54, 1.807) is 0 Å². The molecule has 1 heterocycles. The molecule has 12 heavy (non-hydrogen) atoms. The normalized spacial score (nSPS) is 31.2. The Labute approximate surface area is 75.3 Å². The Kier molecular flexibility index (Phi) is 2.66. The van der Waals surface area contributed by atoms with Crippen molar-refractivity contribution in [1.29, 1.82) is 0 Å². The van der Waals surface area contributed by atoms with Crippen LogP contribution in [-0.2, 0) is 0 Å². The van der Waals surface area contributed by atoms with Crippen molar-refractivity contribution in [3.8, 4) is 0 Å². The summed E-state index contributed by atoms with van der Waals surface area (Å²) < 4.78 is 0. The molecule has 0 radical (unpaired) electrons. The maximum atomic E-state index is 3.56. The molecule has 2 aliphatic rings. The lowest BCUT2D eigenvalue weighted by Crippen LogP contribution is -2.31. The molecule has 2 nitrogen and oxygen atoms in total. The van der Waals surface area contributed by atoms with E-state index in [4.69, 9.17) is 0 Å². The Morgan fingerprint density at radius 1 is 1.33 bits per heavy atom. The Bertz CT molecular complexity index is 143. The summed E-state index contributed by atoms with van der Waals surface area (Å²) in [5.41, 5.74) is 0. The number of rotatable bonds is 4. The van der Waals surface area contributed by atoms with Gasteiger partial charge in [0.05, 0.1) is 0 Å². The van der Waals surface area contributed by atoms with Crippen LogP contribution in [0.25, 0.3) is 0 Å². The van der Waals surface area contributed by atoms with Gasteiger partial charge in [0.15, 0.2) is 0 Å². The third-order valence-corrected chi connectivity index (χ3v) is 2.95. The number of nitrogens with zero attached hydrogens (tertiary/aromatic N) is 1.